The second-order valence-corrected chi connectivity index (χ2v) is 8.25. The molecule has 2 aromatic carbocycles. The summed E-state index contributed by atoms with van der Waals surface area (Å²) >= 11 is 6.35. The van der Waals surface area contributed by atoms with Crippen LogP contribution >= 0.6 is 11.6 Å². The van der Waals surface area contributed by atoms with Gasteiger partial charge in [-0.05, 0) is 42.8 Å². The molecule has 0 saturated carbocycles. The number of anilines is 5. The van der Waals surface area contributed by atoms with E-state index in [1.807, 2.05) is 30.3 Å². The van der Waals surface area contributed by atoms with Crippen molar-refractivity contribution in [3.05, 3.63) is 71.9 Å². The first-order chi connectivity index (χ1) is 17.4. The summed E-state index contributed by atoms with van der Waals surface area (Å²) in [7, 11) is 1.54. The first kappa shape index (κ1) is 26.7. The average Bonchev–Trinajstić information content (AvgIpc) is 2.87. The Kier molecular flexibility index (Phi) is 9.38. The molecule has 0 fully saturated rings. The van der Waals surface area contributed by atoms with E-state index >= 15 is 0 Å². The Morgan fingerprint density at radius 1 is 1.19 bits per heavy atom. The van der Waals surface area contributed by atoms with Gasteiger partial charge in [-0.1, -0.05) is 36.4 Å². The summed E-state index contributed by atoms with van der Waals surface area (Å²) < 4.78 is 5.54. The van der Waals surface area contributed by atoms with E-state index in [0.717, 1.165) is 5.56 Å². The Bertz CT molecular complexity index is 1250. The molecule has 188 valence electrons. The van der Waals surface area contributed by atoms with Crippen LogP contribution in [0.3, 0.4) is 0 Å². The Balaban J connectivity index is 1.85. The number of halogens is 1. The Hall–Kier alpha value is -3.95. The van der Waals surface area contributed by atoms with E-state index in [1.165, 1.54) is 19.2 Å². The zero-order valence-corrected chi connectivity index (χ0v) is 21.0. The molecule has 0 aliphatic rings. The van der Waals surface area contributed by atoms with Crippen LogP contribution in [0.1, 0.15) is 18.9 Å². The largest absolute Gasteiger partial charge is 0.494 e. The van der Waals surface area contributed by atoms with Gasteiger partial charge < -0.3 is 26.0 Å². The zero-order chi connectivity index (χ0) is 26.1. The molecule has 0 aliphatic carbocycles. The third-order valence-corrected chi connectivity index (χ3v) is 5.59. The summed E-state index contributed by atoms with van der Waals surface area (Å²) in [6.45, 7) is 6.04. The predicted octanol–water partition coefficient (Wildman–Crippen LogP) is 4.63. The number of nitrogens with zero attached hydrogens (tertiary/aromatic N) is 3. The monoisotopic (exact) mass is 508 g/mol. The Labute approximate surface area is 215 Å². The van der Waals surface area contributed by atoms with Gasteiger partial charge >= 0.3 is 0 Å². The lowest BCUT2D eigenvalue weighted by molar-refractivity contribution is -0.116. The van der Waals surface area contributed by atoms with Crippen LogP contribution in [-0.2, 0) is 16.0 Å². The number of benzene rings is 2. The molecule has 9 nitrogen and oxygen atoms in total. The van der Waals surface area contributed by atoms with Crippen molar-refractivity contribution in [1.29, 1.82) is 0 Å². The fraction of sp³-hybridized carbons (Fsp3) is 0.231. The van der Waals surface area contributed by atoms with Crippen molar-refractivity contribution in [2.24, 2.45) is 5.73 Å². The van der Waals surface area contributed by atoms with E-state index in [9.17, 15) is 9.59 Å². The van der Waals surface area contributed by atoms with E-state index in [-0.39, 0.29) is 24.1 Å². The van der Waals surface area contributed by atoms with Crippen molar-refractivity contribution in [1.82, 2.24) is 9.97 Å². The molecule has 0 saturated heterocycles. The molecular formula is C26H29ClN6O3. The van der Waals surface area contributed by atoms with Gasteiger partial charge in [0.1, 0.15) is 10.8 Å². The number of ketones is 1. The summed E-state index contributed by atoms with van der Waals surface area (Å²) in [5.74, 6) is 0.972. The number of hydrogen-bond donors (Lipinski definition) is 3. The minimum Gasteiger partial charge on any atom is -0.494 e. The fourth-order valence-corrected chi connectivity index (χ4v) is 3.63. The maximum Gasteiger partial charge on any atom is 0.229 e. The SMILES string of the molecule is C=CC(=O)Cc1ccccc1Nc1nc(Nc2ccc(N(CCCN)C(C)=O)cc2OC)ncc1Cl. The number of nitrogens with one attached hydrogen (secondary N) is 2. The highest BCUT2D eigenvalue weighted by Gasteiger charge is 2.15. The van der Waals surface area contributed by atoms with Gasteiger partial charge in [0.25, 0.3) is 0 Å². The quantitative estimate of drug-likeness (QED) is 0.303. The molecule has 1 heterocycles. The van der Waals surface area contributed by atoms with Gasteiger partial charge in [-0.25, -0.2) is 4.98 Å². The second-order valence-electron chi connectivity index (χ2n) is 7.84. The zero-order valence-electron chi connectivity index (χ0n) is 20.3. The molecule has 0 spiro atoms. The van der Waals surface area contributed by atoms with Crippen molar-refractivity contribution in [2.75, 3.05) is 35.7 Å². The molecule has 3 rings (SSSR count). The van der Waals surface area contributed by atoms with E-state index < -0.39 is 0 Å². The molecule has 0 bridgehead atoms. The first-order valence-electron chi connectivity index (χ1n) is 11.3. The van der Waals surface area contributed by atoms with E-state index in [4.69, 9.17) is 22.1 Å². The molecule has 0 aliphatic heterocycles. The number of nitrogens with two attached hydrogens (primary N) is 1. The molecule has 0 unspecified atom stereocenters. The first-order valence-corrected chi connectivity index (χ1v) is 11.7. The van der Waals surface area contributed by atoms with Crippen molar-refractivity contribution < 1.29 is 14.3 Å². The lowest BCUT2D eigenvalue weighted by Crippen LogP contribution is -2.30. The Morgan fingerprint density at radius 2 is 1.97 bits per heavy atom. The van der Waals surface area contributed by atoms with E-state index in [0.29, 0.717) is 53.2 Å². The number of ether oxygens (including phenoxy) is 1. The predicted molar refractivity (Wildman–Crippen MR) is 144 cm³/mol. The molecule has 10 heteroatoms. The highest BCUT2D eigenvalue weighted by molar-refractivity contribution is 6.33. The Morgan fingerprint density at radius 3 is 2.67 bits per heavy atom. The van der Waals surface area contributed by atoms with Gasteiger partial charge in [0, 0.05) is 37.3 Å². The van der Waals surface area contributed by atoms with Gasteiger partial charge in [-0.3, -0.25) is 9.59 Å². The van der Waals surface area contributed by atoms with Crippen LogP contribution in [0.4, 0.5) is 28.8 Å². The summed E-state index contributed by atoms with van der Waals surface area (Å²) in [5, 5.41) is 6.63. The van der Waals surface area contributed by atoms with E-state index in [1.54, 1.807) is 24.1 Å². The lowest BCUT2D eigenvalue weighted by Gasteiger charge is -2.22. The van der Waals surface area contributed by atoms with Crippen molar-refractivity contribution >= 4 is 52.1 Å². The number of methoxy groups -OCH3 is 1. The third kappa shape index (κ3) is 6.80. The van der Waals surface area contributed by atoms with Gasteiger partial charge in [-0.15, -0.1) is 0 Å². The maximum absolute atomic E-state index is 12.1. The van der Waals surface area contributed by atoms with Crippen molar-refractivity contribution in [3.8, 4) is 5.75 Å². The maximum atomic E-state index is 12.1. The fourth-order valence-electron chi connectivity index (χ4n) is 3.49. The topological polar surface area (TPSA) is 122 Å². The normalized spacial score (nSPS) is 10.4. The molecule has 4 N–H and O–H groups in total. The summed E-state index contributed by atoms with van der Waals surface area (Å²) in [6.07, 6.45) is 3.65. The minimum atomic E-state index is -0.0951. The number of aromatic nitrogens is 2. The van der Waals surface area contributed by atoms with Gasteiger partial charge in [0.2, 0.25) is 11.9 Å². The number of carbonyl (C=O) groups is 2. The second kappa shape index (κ2) is 12.7. The smallest absolute Gasteiger partial charge is 0.229 e. The third-order valence-electron chi connectivity index (χ3n) is 5.32. The molecule has 1 aromatic heterocycles. The van der Waals surface area contributed by atoms with Crippen LogP contribution in [-0.4, -0.2) is 41.9 Å². The van der Waals surface area contributed by atoms with Gasteiger partial charge in [-0.2, -0.15) is 4.98 Å². The van der Waals surface area contributed by atoms with Crippen LogP contribution in [0.2, 0.25) is 5.02 Å². The number of allylic oxidation sites excluding steroid dienone is 1. The van der Waals surface area contributed by atoms with Crippen molar-refractivity contribution in [2.45, 2.75) is 19.8 Å². The minimum absolute atomic E-state index is 0.0852. The average molecular weight is 509 g/mol. The van der Waals surface area contributed by atoms with Gasteiger partial charge in [0.15, 0.2) is 11.6 Å². The summed E-state index contributed by atoms with van der Waals surface area (Å²) in [5.41, 5.74) is 8.39. The number of amides is 1. The van der Waals surface area contributed by atoms with Crippen LogP contribution in [0.5, 0.6) is 5.75 Å². The van der Waals surface area contributed by atoms with Crippen molar-refractivity contribution in [3.63, 3.8) is 0 Å². The molecule has 3 aromatic rings. The number of rotatable bonds is 12. The number of para-hydroxylation sites is 1. The van der Waals surface area contributed by atoms with E-state index in [2.05, 4.69) is 27.2 Å². The molecule has 0 radical (unpaired) electrons. The van der Waals surface area contributed by atoms with Crippen LogP contribution in [0.25, 0.3) is 0 Å². The van der Waals surface area contributed by atoms with Gasteiger partial charge in [0.05, 0.1) is 19.0 Å². The summed E-state index contributed by atoms with van der Waals surface area (Å²) in [6, 6.07) is 12.8. The molecule has 0 atom stereocenters. The standard InChI is InChI=1S/C26H29ClN6O3/c1-4-20(35)14-18-8-5-6-9-22(18)30-25-21(27)16-29-26(32-25)31-23-11-10-19(15-24(23)36-3)33(17(2)34)13-7-12-28/h4-6,8-11,15-16H,1,7,12-14,28H2,2-3H3,(H2,29,30,31,32). The highest BCUT2D eigenvalue weighted by atomic mass is 35.5. The number of carbonyl (C=O) groups excluding carboxylic acids is 2. The molecular weight excluding hydrogens is 480 g/mol. The van der Waals surface area contributed by atoms with Crippen LogP contribution in [0, 0.1) is 0 Å². The highest BCUT2D eigenvalue weighted by Crippen LogP contribution is 2.33. The van der Waals surface area contributed by atoms with Crippen LogP contribution < -0.4 is 26.0 Å². The summed E-state index contributed by atoms with van der Waals surface area (Å²) in [4.78, 5) is 34.4. The lowest BCUT2D eigenvalue weighted by atomic mass is 10.1. The van der Waals surface area contributed by atoms with Crippen LogP contribution in [0.15, 0.2) is 61.3 Å². The number of hydrogen-bond acceptors (Lipinski definition) is 8. The molecule has 36 heavy (non-hydrogen) atoms. The molecule has 1 amide bonds.